The van der Waals surface area contributed by atoms with E-state index in [1.165, 1.54) is 16.9 Å². The number of hydrogen-bond acceptors (Lipinski definition) is 6. The molecule has 0 spiro atoms. The summed E-state index contributed by atoms with van der Waals surface area (Å²) in [5.41, 5.74) is 0.758. The number of amides is 1. The molecular weight excluding hydrogens is 312 g/mol. The first-order chi connectivity index (χ1) is 9.93. The van der Waals surface area contributed by atoms with Crippen molar-refractivity contribution in [2.75, 3.05) is 13.2 Å². The molecule has 0 saturated carbocycles. The zero-order valence-corrected chi connectivity index (χ0v) is 13.8. The van der Waals surface area contributed by atoms with E-state index in [2.05, 4.69) is 5.32 Å². The Morgan fingerprint density at radius 3 is 2.81 bits per heavy atom. The van der Waals surface area contributed by atoms with Crippen LogP contribution in [0.15, 0.2) is 23.1 Å². The smallest absolute Gasteiger partial charge is 0.407 e. The first-order valence-electron chi connectivity index (χ1n) is 6.43. The van der Waals surface area contributed by atoms with Gasteiger partial charge in [0.25, 0.3) is 5.69 Å². The number of carbonyl (C=O) groups is 1. The Hall–Kier alpha value is -1.41. The van der Waals surface area contributed by atoms with Gasteiger partial charge in [0, 0.05) is 28.3 Å². The molecule has 0 fully saturated rings. The molecule has 0 aromatic heterocycles. The summed E-state index contributed by atoms with van der Waals surface area (Å²) in [6.45, 7) is 6.35. The summed E-state index contributed by atoms with van der Waals surface area (Å²) in [5, 5.41) is 13.4. The van der Waals surface area contributed by atoms with Crippen LogP contribution in [-0.4, -0.2) is 29.4 Å². The van der Waals surface area contributed by atoms with E-state index in [4.69, 9.17) is 4.74 Å². The number of nitrogens with one attached hydrogen (secondary N) is 1. The van der Waals surface area contributed by atoms with E-state index in [-0.39, 0.29) is 15.9 Å². The van der Waals surface area contributed by atoms with Crippen LogP contribution in [0.2, 0.25) is 0 Å². The van der Waals surface area contributed by atoms with Crippen LogP contribution in [0.5, 0.6) is 0 Å². The number of aryl methyl sites for hydroxylation is 1. The van der Waals surface area contributed by atoms with Gasteiger partial charge in [0.2, 0.25) is 0 Å². The number of rotatable bonds is 7. The Balaban J connectivity index is 2.42. The Morgan fingerprint density at radius 1 is 1.52 bits per heavy atom. The highest BCUT2D eigenvalue weighted by Crippen LogP contribution is 2.36. The maximum Gasteiger partial charge on any atom is 0.407 e. The molecule has 8 heteroatoms. The summed E-state index contributed by atoms with van der Waals surface area (Å²) in [5.74, 6) is 0. The lowest BCUT2D eigenvalue weighted by Gasteiger charge is -2.11. The minimum absolute atomic E-state index is 0.119. The van der Waals surface area contributed by atoms with Crippen molar-refractivity contribution in [2.45, 2.75) is 30.9 Å². The van der Waals surface area contributed by atoms with Crippen molar-refractivity contribution >= 4 is 33.4 Å². The largest absolute Gasteiger partial charge is 0.448 e. The van der Waals surface area contributed by atoms with Gasteiger partial charge in [0.05, 0.1) is 4.92 Å². The zero-order valence-electron chi connectivity index (χ0n) is 12.1. The lowest BCUT2D eigenvalue weighted by atomic mass is 10.2. The summed E-state index contributed by atoms with van der Waals surface area (Å²) in [7, 11) is 3.06. The maximum absolute atomic E-state index is 11.2. The number of ether oxygens (including phenoxy) is 1. The molecule has 21 heavy (non-hydrogen) atoms. The Kier molecular flexibility index (Phi) is 7.38. The Labute approximate surface area is 131 Å². The lowest BCUT2D eigenvalue weighted by Crippen LogP contribution is -2.25. The first-order valence-corrected chi connectivity index (χ1v) is 8.64. The van der Waals surface area contributed by atoms with Crippen LogP contribution in [0.1, 0.15) is 19.4 Å². The van der Waals surface area contributed by atoms with Gasteiger partial charge in [0.1, 0.15) is 6.61 Å². The van der Waals surface area contributed by atoms with E-state index in [0.29, 0.717) is 18.7 Å². The molecule has 1 rings (SSSR count). The van der Waals surface area contributed by atoms with Crippen LogP contribution >= 0.6 is 21.6 Å². The fourth-order valence-corrected chi connectivity index (χ4v) is 3.49. The first kappa shape index (κ1) is 17.6. The predicted molar refractivity (Wildman–Crippen MR) is 85.8 cm³/mol. The van der Waals surface area contributed by atoms with Gasteiger partial charge in [-0.2, -0.15) is 0 Å². The molecule has 1 aromatic carbocycles. The molecular formula is C13H18N2O4S2. The van der Waals surface area contributed by atoms with E-state index < -0.39 is 6.09 Å². The van der Waals surface area contributed by atoms with E-state index in [0.717, 1.165) is 4.90 Å². The third-order valence-corrected chi connectivity index (χ3v) is 5.30. The summed E-state index contributed by atoms with van der Waals surface area (Å²) in [6.07, 6.45) is -0.416. The van der Waals surface area contributed by atoms with Crippen LogP contribution in [-0.2, 0) is 4.74 Å². The summed E-state index contributed by atoms with van der Waals surface area (Å²) >= 11 is 0. The molecule has 1 amide bonds. The highest BCUT2D eigenvalue weighted by molar-refractivity contribution is 8.76. The fraction of sp³-hybridized carbons (Fsp3) is 0.462. The Morgan fingerprint density at radius 2 is 2.24 bits per heavy atom. The molecule has 0 saturated heterocycles. The molecule has 6 nitrogen and oxygen atoms in total. The van der Waals surface area contributed by atoms with E-state index in [1.54, 1.807) is 29.9 Å². The van der Waals surface area contributed by atoms with E-state index in [1.807, 2.05) is 13.8 Å². The van der Waals surface area contributed by atoms with Crippen molar-refractivity contribution in [3.8, 4) is 0 Å². The average molecular weight is 330 g/mol. The van der Waals surface area contributed by atoms with Gasteiger partial charge in [-0.05, 0) is 32.9 Å². The molecule has 1 unspecified atom stereocenters. The molecule has 1 atom stereocenters. The molecule has 0 bridgehead atoms. The minimum Gasteiger partial charge on any atom is -0.448 e. The van der Waals surface area contributed by atoms with Crippen molar-refractivity contribution in [3.05, 3.63) is 33.9 Å². The highest BCUT2D eigenvalue weighted by Gasteiger charge is 2.12. The third kappa shape index (κ3) is 6.26. The summed E-state index contributed by atoms with van der Waals surface area (Å²) < 4.78 is 5.03. The zero-order chi connectivity index (χ0) is 15.8. The molecule has 1 aromatic rings. The van der Waals surface area contributed by atoms with Crippen LogP contribution in [0.4, 0.5) is 10.5 Å². The van der Waals surface area contributed by atoms with Crippen LogP contribution in [0, 0.1) is 17.0 Å². The second-order valence-corrected chi connectivity index (χ2v) is 7.04. The quantitative estimate of drug-likeness (QED) is 0.465. The number of hydrogen-bond donors (Lipinski definition) is 1. The number of nitro benzene ring substituents is 1. The number of benzene rings is 1. The summed E-state index contributed by atoms with van der Waals surface area (Å²) in [6, 6.07) is 5.02. The maximum atomic E-state index is 11.2. The fourth-order valence-electron chi connectivity index (χ4n) is 1.44. The SMILES string of the molecule is CCNC(=O)OCC(C)SSc1ccc([N+](=O)[O-])c(C)c1. The lowest BCUT2D eigenvalue weighted by molar-refractivity contribution is -0.385. The topological polar surface area (TPSA) is 81.5 Å². The highest BCUT2D eigenvalue weighted by atomic mass is 33.1. The molecule has 0 aliphatic carbocycles. The minimum atomic E-state index is -0.416. The van der Waals surface area contributed by atoms with Gasteiger partial charge in [0.15, 0.2) is 0 Å². The number of carbonyl (C=O) groups excluding carboxylic acids is 1. The van der Waals surface area contributed by atoms with Crippen molar-refractivity contribution in [1.29, 1.82) is 0 Å². The van der Waals surface area contributed by atoms with Gasteiger partial charge in [-0.1, -0.05) is 21.6 Å². The molecule has 0 radical (unpaired) electrons. The van der Waals surface area contributed by atoms with Gasteiger partial charge < -0.3 is 10.1 Å². The standard InChI is InChI=1S/C13H18N2O4S2/c1-4-14-13(16)19-8-10(3)20-21-11-5-6-12(15(17)18)9(2)7-11/h5-7,10H,4,8H2,1-3H3,(H,14,16). The molecule has 0 aliphatic heterocycles. The van der Waals surface area contributed by atoms with Crippen molar-refractivity contribution in [2.24, 2.45) is 0 Å². The van der Waals surface area contributed by atoms with Crippen LogP contribution in [0.3, 0.4) is 0 Å². The van der Waals surface area contributed by atoms with Crippen LogP contribution < -0.4 is 5.32 Å². The van der Waals surface area contributed by atoms with Gasteiger partial charge in [-0.25, -0.2) is 4.79 Å². The third-order valence-electron chi connectivity index (χ3n) is 2.44. The monoisotopic (exact) mass is 330 g/mol. The average Bonchev–Trinajstić information content (AvgIpc) is 2.43. The number of nitrogens with zero attached hydrogens (tertiary/aromatic N) is 1. The van der Waals surface area contributed by atoms with E-state index >= 15 is 0 Å². The number of nitro groups is 1. The molecule has 1 N–H and O–H groups in total. The molecule has 0 aliphatic rings. The normalized spacial score (nSPS) is 11.8. The van der Waals surface area contributed by atoms with Gasteiger partial charge in [-0.3, -0.25) is 10.1 Å². The molecule has 116 valence electrons. The van der Waals surface area contributed by atoms with Crippen molar-refractivity contribution < 1.29 is 14.5 Å². The van der Waals surface area contributed by atoms with E-state index in [9.17, 15) is 14.9 Å². The summed E-state index contributed by atoms with van der Waals surface area (Å²) in [4.78, 5) is 22.4. The van der Waals surface area contributed by atoms with Gasteiger partial charge in [-0.15, -0.1) is 0 Å². The van der Waals surface area contributed by atoms with Crippen LogP contribution in [0.25, 0.3) is 0 Å². The predicted octanol–water partition coefficient (Wildman–Crippen LogP) is 3.78. The second-order valence-electron chi connectivity index (χ2n) is 4.32. The molecule has 0 heterocycles. The van der Waals surface area contributed by atoms with Crippen molar-refractivity contribution in [1.82, 2.24) is 5.32 Å². The Bertz CT molecular complexity index is 511. The van der Waals surface area contributed by atoms with Crippen molar-refractivity contribution in [3.63, 3.8) is 0 Å². The van der Waals surface area contributed by atoms with Gasteiger partial charge >= 0.3 is 6.09 Å². The number of alkyl carbamates (subject to hydrolysis) is 1. The second kappa shape index (κ2) is 8.78.